The molecule has 0 unspecified atom stereocenters. The number of likely N-dealkylation sites (tertiary alicyclic amines) is 1. The molecule has 2 aliphatic rings. The number of hydrogen-bond acceptors (Lipinski definition) is 4. The summed E-state index contributed by atoms with van der Waals surface area (Å²) in [5, 5.41) is 10.4. The molecule has 0 aliphatic carbocycles. The second kappa shape index (κ2) is 8.48. The van der Waals surface area contributed by atoms with Crippen LogP contribution in [0.2, 0.25) is 5.02 Å². The van der Waals surface area contributed by atoms with Gasteiger partial charge in [0.15, 0.2) is 5.69 Å². The van der Waals surface area contributed by atoms with Crippen LogP contribution in [0, 0.1) is 5.82 Å². The lowest BCUT2D eigenvalue weighted by molar-refractivity contribution is 0.0687. The summed E-state index contributed by atoms with van der Waals surface area (Å²) in [5.41, 5.74) is 2.86. The molecule has 32 heavy (non-hydrogen) atoms. The minimum Gasteiger partial charge on any atom is -0.476 e. The Morgan fingerprint density at radius 1 is 1.09 bits per heavy atom. The maximum atomic E-state index is 14.7. The Hall–Kier alpha value is -3.03. The Balaban J connectivity index is 1.70. The van der Waals surface area contributed by atoms with Crippen molar-refractivity contribution in [2.75, 3.05) is 13.1 Å². The molecule has 0 bridgehead atoms. The number of carbonyl (C=O) groups is 1. The highest BCUT2D eigenvalue weighted by Gasteiger charge is 2.29. The van der Waals surface area contributed by atoms with Crippen LogP contribution in [0.4, 0.5) is 4.39 Å². The fraction of sp³-hybridized carbons (Fsp3) is 0.292. The quantitative estimate of drug-likeness (QED) is 0.623. The molecule has 8 heteroatoms. The number of fused-ring (bicyclic) bond motifs is 3. The average molecular weight is 453 g/mol. The molecule has 6 nitrogen and oxygen atoms in total. The Kier molecular flexibility index (Phi) is 5.53. The lowest BCUT2D eigenvalue weighted by Gasteiger charge is -2.27. The van der Waals surface area contributed by atoms with Gasteiger partial charge in [-0.15, -0.1) is 0 Å². The van der Waals surface area contributed by atoms with Crippen LogP contribution in [0.5, 0.6) is 0 Å². The van der Waals surface area contributed by atoms with Gasteiger partial charge in [0.25, 0.3) is 0 Å². The zero-order valence-corrected chi connectivity index (χ0v) is 18.1. The fourth-order valence-electron chi connectivity index (χ4n) is 4.55. The molecule has 0 radical (unpaired) electrons. The highest BCUT2D eigenvalue weighted by molar-refractivity contribution is 6.31. The number of hydrogen-bond donors (Lipinski definition) is 1. The molecule has 2 aliphatic heterocycles. The number of carboxylic acid groups (broad SMARTS) is 1. The molecular formula is C24H22ClFN4O2. The third-order valence-electron chi connectivity index (χ3n) is 6.03. The molecule has 0 saturated carbocycles. The van der Waals surface area contributed by atoms with E-state index in [0.29, 0.717) is 45.6 Å². The van der Waals surface area contributed by atoms with Crippen LogP contribution in [0.3, 0.4) is 0 Å². The van der Waals surface area contributed by atoms with E-state index in [4.69, 9.17) is 11.6 Å². The van der Waals surface area contributed by atoms with Gasteiger partial charge >= 0.3 is 5.97 Å². The van der Waals surface area contributed by atoms with Gasteiger partial charge in [0.05, 0.1) is 23.6 Å². The van der Waals surface area contributed by atoms with Gasteiger partial charge in [-0.2, -0.15) is 0 Å². The van der Waals surface area contributed by atoms with Gasteiger partial charge in [0.2, 0.25) is 0 Å². The first-order valence-corrected chi connectivity index (χ1v) is 11.1. The molecular weight excluding hydrogens is 431 g/mol. The topological polar surface area (TPSA) is 70.7 Å². The zero-order chi connectivity index (χ0) is 22.2. The summed E-state index contributed by atoms with van der Waals surface area (Å²) >= 11 is 6.32. The largest absolute Gasteiger partial charge is 0.476 e. The lowest BCUT2D eigenvalue weighted by atomic mass is 10.00. The van der Waals surface area contributed by atoms with Crippen LogP contribution in [0.15, 0.2) is 47.5 Å². The van der Waals surface area contributed by atoms with Crippen molar-refractivity contribution >= 4 is 23.3 Å². The third-order valence-corrected chi connectivity index (χ3v) is 6.26. The van der Waals surface area contributed by atoms with E-state index in [9.17, 15) is 14.3 Å². The Morgan fingerprint density at radius 3 is 2.62 bits per heavy atom. The standard InChI is InChI=1S/C24H22ClFN4O2/c25-15-8-9-19-17(12-15)22(16-6-2-3-7-18(16)26)27-13-21-28-23(24(31)32)20(30(19)21)14-29-10-4-1-5-11-29/h2-3,6-9,12H,1,4-5,10-11,13-14H2,(H,31,32). The second-order valence-electron chi connectivity index (χ2n) is 8.11. The summed E-state index contributed by atoms with van der Waals surface area (Å²) in [6.07, 6.45) is 3.38. The normalized spacial score (nSPS) is 16.1. The number of carboxylic acids is 1. The first kappa shape index (κ1) is 20.8. The second-order valence-corrected chi connectivity index (χ2v) is 8.54. The van der Waals surface area contributed by atoms with Crippen LogP contribution in [-0.4, -0.2) is 44.3 Å². The predicted octanol–water partition coefficient (Wildman–Crippen LogP) is 4.70. The maximum absolute atomic E-state index is 14.7. The number of piperidine rings is 1. The molecule has 1 aromatic heterocycles. The first-order chi connectivity index (χ1) is 15.5. The van der Waals surface area contributed by atoms with E-state index in [1.165, 1.54) is 12.5 Å². The van der Waals surface area contributed by atoms with Crippen molar-refractivity contribution in [2.45, 2.75) is 32.4 Å². The highest BCUT2D eigenvalue weighted by atomic mass is 35.5. The molecule has 0 spiro atoms. The summed E-state index contributed by atoms with van der Waals surface area (Å²) in [6.45, 7) is 2.45. The van der Waals surface area contributed by atoms with Gasteiger partial charge in [0.1, 0.15) is 11.6 Å². The molecule has 1 saturated heterocycles. The summed E-state index contributed by atoms with van der Waals surface area (Å²) in [7, 11) is 0. The van der Waals surface area contributed by atoms with E-state index in [1.807, 2.05) is 10.6 Å². The van der Waals surface area contributed by atoms with Gasteiger partial charge in [-0.1, -0.05) is 30.2 Å². The van der Waals surface area contributed by atoms with Crippen LogP contribution in [-0.2, 0) is 13.1 Å². The number of aromatic nitrogens is 2. The zero-order valence-electron chi connectivity index (χ0n) is 17.4. The van der Waals surface area contributed by atoms with Crippen molar-refractivity contribution in [3.8, 4) is 5.69 Å². The van der Waals surface area contributed by atoms with E-state index in [-0.39, 0.29) is 18.1 Å². The van der Waals surface area contributed by atoms with E-state index < -0.39 is 5.97 Å². The van der Waals surface area contributed by atoms with Crippen molar-refractivity contribution in [3.05, 3.63) is 81.6 Å². The van der Waals surface area contributed by atoms with Crippen LogP contribution in [0.25, 0.3) is 5.69 Å². The van der Waals surface area contributed by atoms with Crippen molar-refractivity contribution in [3.63, 3.8) is 0 Å². The number of imidazole rings is 1. The van der Waals surface area contributed by atoms with E-state index in [0.717, 1.165) is 25.9 Å². The van der Waals surface area contributed by atoms with Crippen LogP contribution >= 0.6 is 11.6 Å². The molecule has 3 aromatic rings. The number of halogens is 2. The molecule has 2 aromatic carbocycles. The van der Waals surface area contributed by atoms with Crippen molar-refractivity contribution in [1.82, 2.24) is 14.5 Å². The van der Waals surface area contributed by atoms with Crippen molar-refractivity contribution in [1.29, 1.82) is 0 Å². The number of nitrogens with zero attached hydrogens (tertiary/aromatic N) is 4. The van der Waals surface area contributed by atoms with Gasteiger partial charge in [-0.3, -0.25) is 14.5 Å². The highest BCUT2D eigenvalue weighted by Crippen LogP contribution is 2.31. The molecule has 0 atom stereocenters. The molecule has 5 rings (SSSR count). The molecule has 1 N–H and O–H groups in total. The minimum absolute atomic E-state index is 0.0380. The number of benzene rings is 2. The fourth-order valence-corrected chi connectivity index (χ4v) is 4.73. The molecule has 3 heterocycles. The van der Waals surface area contributed by atoms with Crippen molar-refractivity contribution < 1.29 is 14.3 Å². The van der Waals surface area contributed by atoms with E-state index in [1.54, 1.807) is 30.3 Å². The smallest absolute Gasteiger partial charge is 0.356 e. The number of rotatable bonds is 4. The summed E-state index contributed by atoms with van der Waals surface area (Å²) in [4.78, 5) is 23.4. The molecule has 0 amide bonds. The summed E-state index contributed by atoms with van der Waals surface area (Å²) < 4.78 is 16.6. The number of aliphatic imine (C=N–C) groups is 1. The monoisotopic (exact) mass is 452 g/mol. The Labute approximate surface area is 190 Å². The Morgan fingerprint density at radius 2 is 1.88 bits per heavy atom. The van der Waals surface area contributed by atoms with Gasteiger partial charge < -0.3 is 5.11 Å². The van der Waals surface area contributed by atoms with Crippen LogP contribution < -0.4 is 0 Å². The summed E-state index contributed by atoms with van der Waals surface area (Å²) in [5.74, 6) is -0.924. The maximum Gasteiger partial charge on any atom is 0.356 e. The third kappa shape index (κ3) is 3.72. The average Bonchev–Trinajstić information content (AvgIpc) is 3.06. The van der Waals surface area contributed by atoms with Crippen molar-refractivity contribution in [2.24, 2.45) is 4.99 Å². The lowest BCUT2D eigenvalue weighted by Crippen LogP contribution is -2.30. The minimum atomic E-state index is -1.06. The van der Waals surface area contributed by atoms with E-state index >= 15 is 0 Å². The molecule has 1 fully saturated rings. The first-order valence-electron chi connectivity index (χ1n) is 10.7. The van der Waals surface area contributed by atoms with Crippen LogP contribution in [0.1, 0.15) is 52.4 Å². The number of aromatic carboxylic acids is 1. The predicted molar refractivity (Wildman–Crippen MR) is 120 cm³/mol. The van der Waals surface area contributed by atoms with E-state index in [2.05, 4.69) is 14.9 Å². The SMILES string of the molecule is O=C(O)c1nc2n(c1CN1CCCCC1)-c1ccc(Cl)cc1C(c1ccccc1F)=NC2. The Bertz CT molecular complexity index is 1230. The molecule has 164 valence electrons. The van der Waals surface area contributed by atoms with Gasteiger partial charge in [-0.05, 0) is 56.3 Å². The van der Waals surface area contributed by atoms with Gasteiger partial charge in [-0.25, -0.2) is 14.2 Å². The summed E-state index contributed by atoms with van der Waals surface area (Å²) in [6, 6.07) is 11.8. The van der Waals surface area contributed by atoms with Gasteiger partial charge in [0, 0.05) is 22.7 Å².